The molecule has 5 nitrogen and oxygen atoms in total. The molecule has 25 heavy (non-hydrogen) atoms. The highest BCUT2D eigenvalue weighted by Crippen LogP contribution is 2.24. The molecule has 140 valence electrons. The minimum Gasteiger partial charge on any atom is -0.339 e. The standard InChI is InChI=1S/C18H26ClN3O2.ClH/c1-12(2)10-16(20)17(23)21-13-6-7-14(15(19)11-13)18(24)22-8-4-3-5-9-22;/h6-7,11-12,16H,3-5,8-10,20H2,1-2H3,(H,21,23);1H/t16-;/m0./s1. The Balaban J connectivity index is 0.00000312. The number of nitrogens with one attached hydrogen (secondary N) is 1. The van der Waals surface area contributed by atoms with Gasteiger partial charge in [0.15, 0.2) is 0 Å². The Bertz CT molecular complexity index is 602. The number of carbonyl (C=O) groups is 2. The highest BCUT2D eigenvalue weighted by Gasteiger charge is 2.21. The van der Waals surface area contributed by atoms with E-state index in [-0.39, 0.29) is 24.2 Å². The van der Waals surface area contributed by atoms with Crippen molar-refractivity contribution in [3.8, 4) is 0 Å². The Kier molecular flexibility index (Phi) is 8.69. The molecule has 1 atom stereocenters. The lowest BCUT2D eigenvalue weighted by molar-refractivity contribution is -0.117. The average molecular weight is 388 g/mol. The second kappa shape index (κ2) is 10.00. The summed E-state index contributed by atoms with van der Waals surface area (Å²) in [6.45, 7) is 5.59. The van der Waals surface area contributed by atoms with Gasteiger partial charge in [0.2, 0.25) is 5.91 Å². The number of amides is 2. The quantitative estimate of drug-likeness (QED) is 0.808. The van der Waals surface area contributed by atoms with Crippen LogP contribution in [0.3, 0.4) is 0 Å². The first-order chi connectivity index (χ1) is 11.4. The molecule has 2 amide bonds. The van der Waals surface area contributed by atoms with Crippen molar-refractivity contribution < 1.29 is 9.59 Å². The summed E-state index contributed by atoms with van der Waals surface area (Å²) in [6.07, 6.45) is 3.85. The molecule has 1 aliphatic heterocycles. The molecule has 2 rings (SSSR count). The van der Waals surface area contributed by atoms with Gasteiger partial charge in [0, 0.05) is 18.8 Å². The van der Waals surface area contributed by atoms with Crippen LogP contribution in [0.15, 0.2) is 18.2 Å². The van der Waals surface area contributed by atoms with Gasteiger partial charge in [-0.1, -0.05) is 25.4 Å². The molecular formula is C18H27Cl2N3O2. The average Bonchev–Trinajstić information content (AvgIpc) is 2.54. The zero-order valence-electron chi connectivity index (χ0n) is 14.8. The van der Waals surface area contributed by atoms with Gasteiger partial charge in [-0.15, -0.1) is 12.4 Å². The van der Waals surface area contributed by atoms with Gasteiger partial charge < -0.3 is 16.0 Å². The maximum Gasteiger partial charge on any atom is 0.255 e. The van der Waals surface area contributed by atoms with E-state index in [1.54, 1.807) is 18.2 Å². The van der Waals surface area contributed by atoms with Gasteiger partial charge in [-0.3, -0.25) is 9.59 Å². The summed E-state index contributed by atoms with van der Waals surface area (Å²) >= 11 is 6.26. The molecule has 1 aromatic carbocycles. The van der Waals surface area contributed by atoms with Gasteiger partial charge >= 0.3 is 0 Å². The molecule has 0 radical (unpaired) electrons. The lowest BCUT2D eigenvalue weighted by Gasteiger charge is -2.27. The van der Waals surface area contributed by atoms with E-state index in [0.717, 1.165) is 25.9 Å². The van der Waals surface area contributed by atoms with Crippen LogP contribution in [0.4, 0.5) is 5.69 Å². The number of nitrogens with two attached hydrogens (primary N) is 1. The molecule has 0 aliphatic carbocycles. The first-order valence-electron chi connectivity index (χ1n) is 8.53. The van der Waals surface area contributed by atoms with Crippen LogP contribution in [0.2, 0.25) is 5.02 Å². The predicted molar refractivity (Wildman–Crippen MR) is 105 cm³/mol. The fourth-order valence-electron chi connectivity index (χ4n) is 2.88. The second-order valence-corrected chi connectivity index (χ2v) is 7.18. The minimum absolute atomic E-state index is 0. The number of hydrogen-bond acceptors (Lipinski definition) is 3. The van der Waals surface area contributed by atoms with E-state index in [1.807, 2.05) is 18.7 Å². The first kappa shape index (κ1) is 21.7. The summed E-state index contributed by atoms with van der Waals surface area (Å²) < 4.78 is 0. The Morgan fingerprint density at radius 1 is 1.24 bits per heavy atom. The Hall–Kier alpha value is -1.30. The van der Waals surface area contributed by atoms with Crippen LogP contribution in [0, 0.1) is 5.92 Å². The molecule has 1 fully saturated rings. The van der Waals surface area contributed by atoms with Crippen LogP contribution < -0.4 is 11.1 Å². The van der Waals surface area contributed by atoms with Crippen molar-refractivity contribution in [2.75, 3.05) is 18.4 Å². The predicted octanol–water partition coefficient (Wildman–Crippen LogP) is 3.70. The van der Waals surface area contributed by atoms with Crippen molar-refractivity contribution in [2.45, 2.75) is 45.6 Å². The van der Waals surface area contributed by atoms with Crippen LogP contribution in [0.1, 0.15) is 49.9 Å². The van der Waals surface area contributed by atoms with E-state index < -0.39 is 6.04 Å². The van der Waals surface area contributed by atoms with Crippen LogP contribution in [-0.2, 0) is 4.79 Å². The van der Waals surface area contributed by atoms with Crippen LogP contribution >= 0.6 is 24.0 Å². The summed E-state index contributed by atoms with van der Waals surface area (Å²) in [7, 11) is 0. The number of hydrogen-bond donors (Lipinski definition) is 2. The topological polar surface area (TPSA) is 75.4 Å². The van der Waals surface area contributed by atoms with E-state index in [2.05, 4.69) is 5.32 Å². The minimum atomic E-state index is -0.557. The molecule has 1 aromatic rings. The number of benzene rings is 1. The van der Waals surface area contributed by atoms with E-state index in [1.165, 1.54) is 6.42 Å². The van der Waals surface area contributed by atoms with Crippen molar-refractivity contribution in [1.29, 1.82) is 0 Å². The van der Waals surface area contributed by atoms with Crippen molar-refractivity contribution in [2.24, 2.45) is 11.7 Å². The highest BCUT2D eigenvalue weighted by molar-refractivity contribution is 6.34. The molecule has 3 N–H and O–H groups in total. The number of carbonyl (C=O) groups excluding carboxylic acids is 2. The lowest BCUT2D eigenvalue weighted by atomic mass is 10.0. The summed E-state index contributed by atoms with van der Waals surface area (Å²) in [5.41, 5.74) is 6.90. The molecule has 7 heteroatoms. The zero-order valence-corrected chi connectivity index (χ0v) is 16.3. The van der Waals surface area contributed by atoms with Crippen LogP contribution in [0.5, 0.6) is 0 Å². The van der Waals surface area contributed by atoms with Crippen LogP contribution in [0.25, 0.3) is 0 Å². The normalized spacial score (nSPS) is 15.5. The molecule has 0 saturated carbocycles. The van der Waals surface area contributed by atoms with Crippen molar-refractivity contribution >= 4 is 41.5 Å². The highest BCUT2D eigenvalue weighted by atomic mass is 35.5. The van der Waals surface area contributed by atoms with E-state index >= 15 is 0 Å². The van der Waals surface area contributed by atoms with Crippen LogP contribution in [-0.4, -0.2) is 35.8 Å². The fraction of sp³-hybridized carbons (Fsp3) is 0.556. The first-order valence-corrected chi connectivity index (χ1v) is 8.91. The number of piperidine rings is 1. The van der Waals surface area contributed by atoms with Gasteiger partial charge in [-0.25, -0.2) is 0 Å². The van der Waals surface area contributed by atoms with E-state index in [0.29, 0.717) is 28.6 Å². The number of anilines is 1. The fourth-order valence-corrected chi connectivity index (χ4v) is 3.14. The van der Waals surface area contributed by atoms with Gasteiger partial charge in [0.25, 0.3) is 5.91 Å². The lowest BCUT2D eigenvalue weighted by Crippen LogP contribution is -2.37. The monoisotopic (exact) mass is 387 g/mol. The Labute approximate surface area is 160 Å². The molecule has 0 unspecified atom stereocenters. The number of rotatable bonds is 5. The zero-order chi connectivity index (χ0) is 17.7. The van der Waals surface area contributed by atoms with E-state index in [9.17, 15) is 9.59 Å². The third-order valence-electron chi connectivity index (χ3n) is 4.17. The molecule has 1 aliphatic rings. The van der Waals surface area contributed by atoms with Gasteiger partial charge in [0.05, 0.1) is 16.6 Å². The van der Waals surface area contributed by atoms with Crippen molar-refractivity contribution in [1.82, 2.24) is 4.90 Å². The van der Waals surface area contributed by atoms with E-state index in [4.69, 9.17) is 17.3 Å². The number of nitrogens with zero attached hydrogens (tertiary/aromatic N) is 1. The molecule has 0 spiro atoms. The van der Waals surface area contributed by atoms with Gasteiger partial charge in [0.1, 0.15) is 0 Å². The maximum absolute atomic E-state index is 12.5. The molecule has 0 bridgehead atoms. The molecule has 1 saturated heterocycles. The van der Waals surface area contributed by atoms with Gasteiger partial charge in [-0.2, -0.15) is 0 Å². The molecular weight excluding hydrogens is 361 g/mol. The maximum atomic E-state index is 12.5. The van der Waals surface area contributed by atoms with Crippen molar-refractivity contribution in [3.05, 3.63) is 28.8 Å². The smallest absolute Gasteiger partial charge is 0.255 e. The van der Waals surface area contributed by atoms with Gasteiger partial charge in [-0.05, 0) is 49.8 Å². The largest absolute Gasteiger partial charge is 0.339 e. The Morgan fingerprint density at radius 3 is 2.44 bits per heavy atom. The second-order valence-electron chi connectivity index (χ2n) is 6.77. The number of likely N-dealkylation sites (tertiary alicyclic amines) is 1. The summed E-state index contributed by atoms with van der Waals surface area (Å²) in [5.74, 6) is 0.0582. The third-order valence-corrected chi connectivity index (χ3v) is 4.49. The Morgan fingerprint density at radius 2 is 1.88 bits per heavy atom. The molecule has 1 heterocycles. The number of halogens is 2. The summed E-state index contributed by atoms with van der Waals surface area (Å²) in [5, 5.41) is 3.11. The molecule has 0 aromatic heterocycles. The third kappa shape index (κ3) is 6.17. The summed E-state index contributed by atoms with van der Waals surface area (Å²) in [6, 6.07) is 4.42. The van der Waals surface area contributed by atoms with Crippen molar-refractivity contribution in [3.63, 3.8) is 0 Å². The summed E-state index contributed by atoms with van der Waals surface area (Å²) in [4.78, 5) is 26.4. The SMILES string of the molecule is CC(C)C[C@H](N)C(=O)Nc1ccc(C(=O)N2CCCCC2)c(Cl)c1.Cl.